The highest BCUT2D eigenvalue weighted by molar-refractivity contribution is 5.85. The van der Waals surface area contributed by atoms with Crippen molar-refractivity contribution in [1.82, 2.24) is 9.88 Å². The van der Waals surface area contributed by atoms with E-state index in [9.17, 15) is 9.18 Å². The molecule has 1 N–H and O–H groups in total. The van der Waals surface area contributed by atoms with Crippen LogP contribution in [-0.4, -0.2) is 34.0 Å². The predicted octanol–water partition coefficient (Wildman–Crippen LogP) is 3.20. The summed E-state index contributed by atoms with van der Waals surface area (Å²) in [6, 6.07) is 6.08. The standard InChI is InChI=1S/C16H17FN2O3.ClH/c17-13-5-1-3-11(7-13)15-18-14(10-22-15)9-19-6-2-4-12(8-19)16(20)21;/h1,3,5,7,10,12H,2,4,6,8-9H2,(H,20,21);1H. The number of aliphatic carboxylic acids is 1. The summed E-state index contributed by atoms with van der Waals surface area (Å²) in [6.45, 7) is 1.92. The van der Waals surface area contributed by atoms with E-state index in [0.717, 1.165) is 25.1 Å². The number of carboxylic acid groups (broad SMARTS) is 1. The molecule has 1 fully saturated rings. The van der Waals surface area contributed by atoms with Gasteiger partial charge in [0.1, 0.15) is 12.1 Å². The Morgan fingerprint density at radius 2 is 2.30 bits per heavy atom. The van der Waals surface area contributed by atoms with Gasteiger partial charge in [0.15, 0.2) is 0 Å². The molecular weight excluding hydrogens is 323 g/mol. The Labute approximate surface area is 139 Å². The van der Waals surface area contributed by atoms with Crippen molar-refractivity contribution < 1.29 is 18.7 Å². The Kier molecular flexibility index (Phi) is 5.74. The highest BCUT2D eigenvalue weighted by atomic mass is 35.5. The van der Waals surface area contributed by atoms with E-state index in [1.165, 1.54) is 12.1 Å². The third-order valence-electron chi connectivity index (χ3n) is 3.86. The number of oxazole rings is 1. The van der Waals surface area contributed by atoms with Crippen molar-refractivity contribution in [3.63, 3.8) is 0 Å². The van der Waals surface area contributed by atoms with Crippen molar-refractivity contribution in [1.29, 1.82) is 0 Å². The van der Waals surface area contributed by atoms with Crippen molar-refractivity contribution in [2.75, 3.05) is 13.1 Å². The van der Waals surface area contributed by atoms with Crippen LogP contribution in [0.25, 0.3) is 11.5 Å². The van der Waals surface area contributed by atoms with E-state index in [2.05, 4.69) is 9.88 Å². The van der Waals surface area contributed by atoms with Gasteiger partial charge < -0.3 is 9.52 Å². The smallest absolute Gasteiger partial charge is 0.307 e. The second-order valence-electron chi connectivity index (χ2n) is 5.57. The van der Waals surface area contributed by atoms with E-state index >= 15 is 0 Å². The number of aromatic nitrogens is 1. The van der Waals surface area contributed by atoms with Crippen LogP contribution in [0, 0.1) is 11.7 Å². The Balaban J connectivity index is 0.00000192. The van der Waals surface area contributed by atoms with Gasteiger partial charge in [0.05, 0.1) is 11.6 Å². The quantitative estimate of drug-likeness (QED) is 0.925. The zero-order chi connectivity index (χ0) is 15.5. The molecule has 7 heteroatoms. The Morgan fingerprint density at radius 3 is 3.04 bits per heavy atom. The number of nitrogens with zero attached hydrogens (tertiary/aromatic N) is 2. The van der Waals surface area contributed by atoms with Crippen LogP contribution >= 0.6 is 12.4 Å². The van der Waals surface area contributed by atoms with Gasteiger partial charge in [0.2, 0.25) is 5.89 Å². The number of carboxylic acids is 1. The highest BCUT2D eigenvalue weighted by Crippen LogP contribution is 2.22. The number of hydrogen-bond donors (Lipinski definition) is 1. The predicted molar refractivity (Wildman–Crippen MR) is 84.8 cm³/mol. The molecule has 2 heterocycles. The fourth-order valence-electron chi connectivity index (χ4n) is 2.76. The topological polar surface area (TPSA) is 66.6 Å². The minimum Gasteiger partial charge on any atom is -0.481 e. The average Bonchev–Trinajstić information content (AvgIpc) is 2.96. The number of benzene rings is 1. The summed E-state index contributed by atoms with van der Waals surface area (Å²) in [4.78, 5) is 17.5. The zero-order valence-electron chi connectivity index (χ0n) is 12.4. The molecule has 1 aliphatic rings. The maximum absolute atomic E-state index is 13.2. The second-order valence-corrected chi connectivity index (χ2v) is 5.57. The number of piperidine rings is 1. The lowest BCUT2D eigenvalue weighted by Crippen LogP contribution is -2.38. The molecule has 2 aromatic rings. The summed E-state index contributed by atoms with van der Waals surface area (Å²) in [6.07, 6.45) is 3.13. The molecule has 0 spiro atoms. The van der Waals surface area contributed by atoms with E-state index in [1.807, 2.05) is 0 Å². The number of likely N-dealkylation sites (tertiary alicyclic amines) is 1. The van der Waals surface area contributed by atoms with E-state index in [4.69, 9.17) is 9.52 Å². The SMILES string of the molecule is Cl.O=C(O)C1CCCN(Cc2coc(-c3cccc(F)c3)n2)C1. The first kappa shape index (κ1) is 17.4. The first-order valence-corrected chi connectivity index (χ1v) is 7.27. The fourth-order valence-corrected chi connectivity index (χ4v) is 2.76. The minimum atomic E-state index is -0.745. The molecule has 0 radical (unpaired) electrons. The van der Waals surface area contributed by atoms with Gasteiger partial charge in [0, 0.05) is 18.7 Å². The van der Waals surface area contributed by atoms with Crippen LogP contribution in [0.15, 0.2) is 34.9 Å². The molecule has 3 rings (SSSR count). The lowest BCUT2D eigenvalue weighted by atomic mass is 9.98. The van der Waals surface area contributed by atoms with Crippen molar-refractivity contribution in [3.05, 3.63) is 42.0 Å². The van der Waals surface area contributed by atoms with Gasteiger partial charge >= 0.3 is 5.97 Å². The van der Waals surface area contributed by atoms with Crippen LogP contribution in [-0.2, 0) is 11.3 Å². The van der Waals surface area contributed by atoms with E-state index in [0.29, 0.717) is 24.5 Å². The van der Waals surface area contributed by atoms with Crippen molar-refractivity contribution in [2.45, 2.75) is 19.4 Å². The Bertz CT molecular complexity index is 677. The third-order valence-corrected chi connectivity index (χ3v) is 3.86. The molecular formula is C16H18ClFN2O3. The number of carbonyl (C=O) groups is 1. The molecule has 0 bridgehead atoms. The maximum atomic E-state index is 13.2. The fraction of sp³-hybridized carbons (Fsp3) is 0.375. The molecule has 1 unspecified atom stereocenters. The average molecular weight is 341 g/mol. The van der Waals surface area contributed by atoms with Gasteiger partial charge in [-0.2, -0.15) is 0 Å². The van der Waals surface area contributed by atoms with Crippen LogP contribution in [0.5, 0.6) is 0 Å². The molecule has 1 aromatic carbocycles. The summed E-state index contributed by atoms with van der Waals surface area (Å²) in [5, 5.41) is 9.10. The third kappa shape index (κ3) is 4.30. The van der Waals surface area contributed by atoms with Crippen molar-refractivity contribution >= 4 is 18.4 Å². The number of rotatable bonds is 4. The first-order chi connectivity index (χ1) is 10.6. The molecule has 0 amide bonds. The van der Waals surface area contributed by atoms with Crippen molar-refractivity contribution in [2.24, 2.45) is 5.92 Å². The van der Waals surface area contributed by atoms with Crippen LogP contribution in [0.1, 0.15) is 18.5 Å². The summed E-state index contributed by atoms with van der Waals surface area (Å²) >= 11 is 0. The second kappa shape index (κ2) is 7.57. The van der Waals surface area contributed by atoms with Crippen LogP contribution < -0.4 is 0 Å². The lowest BCUT2D eigenvalue weighted by Gasteiger charge is -2.29. The highest BCUT2D eigenvalue weighted by Gasteiger charge is 2.25. The van der Waals surface area contributed by atoms with Gasteiger partial charge in [-0.3, -0.25) is 9.69 Å². The van der Waals surface area contributed by atoms with Gasteiger partial charge in [0.25, 0.3) is 0 Å². The van der Waals surface area contributed by atoms with Gasteiger partial charge in [-0.05, 0) is 37.6 Å². The van der Waals surface area contributed by atoms with Crippen molar-refractivity contribution in [3.8, 4) is 11.5 Å². The normalized spacial score (nSPS) is 18.4. The Morgan fingerprint density at radius 1 is 1.48 bits per heavy atom. The lowest BCUT2D eigenvalue weighted by molar-refractivity contribution is -0.143. The summed E-state index contributed by atoms with van der Waals surface area (Å²) in [5.41, 5.74) is 1.32. The molecule has 0 aliphatic carbocycles. The van der Waals surface area contributed by atoms with E-state index < -0.39 is 5.97 Å². The molecule has 1 saturated heterocycles. The summed E-state index contributed by atoms with van der Waals surface area (Å²) in [5.74, 6) is -1.02. The summed E-state index contributed by atoms with van der Waals surface area (Å²) < 4.78 is 18.6. The largest absolute Gasteiger partial charge is 0.481 e. The molecule has 1 atom stereocenters. The molecule has 1 aliphatic heterocycles. The number of halogens is 2. The van der Waals surface area contributed by atoms with Crippen LogP contribution in [0.3, 0.4) is 0 Å². The molecule has 1 aromatic heterocycles. The molecule has 23 heavy (non-hydrogen) atoms. The number of hydrogen-bond acceptors (Lipinski definition) is 4. The van der Waals surface area contributed by atoms with Crippen LogP contribution in [0.4, 0.5) is 4.39 Å². The van der Waals surface area contributed by atoms with Gasteiger partial charge in [-0.15, -0.1) is 12.4 Å². The molecule has 0 saturated carbocycles. The minimum absolute atomic E-state index is 0. The Hall–Kier alpha value is -1.92. The summed E-state index contributed by atoms with van der Waals surface area (Å²) in [7, 11) is 0. The van der Waals surface area contributed by atoms with E-state index in [1.54, 1.807) is 18.4 Å². The van der Waals surface area contributed by atoms with Gasteiger partial charge in [-0.1, -0.05) is 6.07 Å². The van der Waals surface area contributed by atoms with Gasteiger partial charge in [-0.25, -0.2) is 9.37 Å². The monoisotopic (exact) mass is 340 g/mol. The molecule has 5 nitrogen and oxygen atoms in total. The van der Waals surface area contributed by atoms with E-state index in [-0.39, 0.29) is 24.1 Å². The van der Waals surface area contributed by atoms with Crippen LogP contribution in [0.2, 0.25) is 0 Å². The molecule has 124 valence electrons. The maximum Gasteiger partial charge on any atom is 0.307 e. The first-order valence-electron chi connectivity index (χ1n) is 7.27. The zero-order valence-corrected chi connectivity index (χ0v) is 13.3.